The number of phenols is 1. The van der Waals surface area contributed by atoms with Crippen molar-refractivity contribution in [2.75, 3.05) is 56.6 Å². The predicted octanol–water partition coefficient (Wildman–Crippen LogP) is 6.04. The lowest BCUT2D eigenvalue weighted by molar-refractivity contribution is -0.135. The van der Waals surface area contributed by atoms with E-state index in [2.05, 4.69) is 20.5 Å². The number of morpholine rings is 1. The molecule has 2 saturated heterocycles. The van der Waals surface area contributed by atoms with Crippen LogP contribution in [0, 0.1) is 0 Å². The summed E-state index contributed by atoms with van der Waals surface area (Å²) in [5.41, 5.74) is 1.24. The maximum Gasteiger partial charge on any atom is 0.259 e. The minimum atomic E-state index is -0.560. The Bertz CT molecular complexity index is 1400. The summed E-state index contributed by atoms with van der Waals surface area (Å²) in [6.07, 6.45) is 3.08. The number of carbonyl (C=O) groups excluding carboxylic acids is 3. The highest BCUT2D eigenvalue weighted by Crippen LogP contribution is 2.30. The lowest BCUT2D eigenvalue weighted by Gasteiger charge is -2.35. The van der Waals surface area contributed by atoms with E-state index >= 15 is 0 Å². The van der Waals surface area contributed by atoms with E-state index in [1.54, 1.807) is 36.4 Å². The van der Waals surface area contributed by atoms with E-state index < -0.39 is 11.8 Å². The summed E-state index contributed by atoms with van der Waals surface area (Å²) >= 11 is 5.85. The molecule has 2 fully saturated rings. The summed E-state index contributed by atoms with van der Waals surface area (Å²) in [6, 6.07) is 14.4. The number of anilines is 2. The van der Waals surface area contributed by atoms with Gasteiger partial charge in [-0.05, 0) is 54.8 Å². The van der Waals surface area contributed by atoms with E-state index in [4.69, 9.17) is 16.3 Å². The van der Waals surface area contributed by atoms with Crippen molar-refractivity contribution in [1.29, 1.82) is 0 Å². The molecular weight excluding hydrogens is 594 g/mol. The van der Waals surface area contributed by atoms with Crippen LogP contribution in [0.2, 0.25) is 5.02 Å². The van der Waals surface area contributed by atoms with Crippen LogP contribution in [0.3, 0.4) is 0 Å². The minimum Gasteiger partial charge on any atom is -0.506 e. The van der Waals surface area contributed by atoms with E-state index in [1.165, 1.54) is 24.4 Å². The highest BCUT2D eigenvalue weighted by molar-refractivity contribution is 6.30. The Labute approximate surface area is 270 Å². The highest BCUT2D eigenvalue weighted by Gasteiger charge is 2.30. The van der Waals surface area contributed by atoms with Crippen LogP contribution in [-0.4, -0.2) is 83.5 Å². The molecule has 0 aliphatic carbocycles. The average molecular weight is 638 g/mol. The third kappa shape index (κ3) is 9.75. The number of halogens is 1. The van der Waals surface area contributed by atoms with Crippen molar-refractivity contribution in [2.45, 2.75) is 46.5 Å². The van der Waals surface area contributed by atoms with Crippen molar-refractivity contribution in [3.8, 4) is 5.75 Å². The molecule has 2 aliphatic rings. The molecule has 3 N–H and O–H groups in total. The molecule has 0 bridgehead atoms. The normalized spacial score (nSPS) is 16.4. The van der Waals surface area contributed by atoms with Gasteiger partial charge in [0.05, 0.1) is 35.4 Å². The molecule has 3 aromatic rings. The summed E-state index contributed by atoms with van der Waals surface area (Å²) in [6.45, 7) is 13.5. The van der Waals surface area contributed by atoms with Gasteiger partial charge in [0.25, 0.3) is 11.8 Å². The highest BCUT2D eigenvalue weighted by atomic mass is 35.5. The molecule has 2 aromatic carbocycles. The van der Waals surface area contributed by atoms with Gasteiger partial charge in [0.15, 0.2) is 0 Å². The van der Waals surface area contributed by atoms with Gasteiger partial charge in [0.2, 0.25) is 5.91 Å². The fourth-order valence-corrected chi connectivity index (χ4v) is 5.22. The maximum atomic E-state index is 13.3. The Morgan fingerprint density at radius 2 is 1.64 bits per heavy atom. The van der Waals surface area contributed by atoms with Gasteiger partial charge < -0.3 is 25.4 Å². The number of carbonyl (C=O) groups is 3. The molecule has 1 atom stereocenters. The molecule has 1 unspecified atom stereocenters. The summed E-state index contributed by atoms with van der Waals surface area (Å²) < 4.78 is 5.41. The van der Waals surface area contributed by atoms with Crippen LogP contribution in [0.1, 0.15) is 72.7 Å². The van der Waals surface area contributed by atoms with Crippen molar-refractivity contribution in [3.05, 3.63) is 82.5 Å². The number of hydrogen-bond acceptors (Lipinski definition) is 7. The van der Waals surface area contributed by atoms with E-state index in [1.807, 2.05) is 32.6 Å². The number of phenolic OH excluding ortho intramolecular Hbond substituents is 1. The molecule has 242 valence electrons. The number of piperidine rings is 1. The van der Waals surface area contributed by atoms with Crippen molar-refractivity contribution in [1.82, 2.24) is 14.8 Å². The molecule has 0 saturated carbocycles. The monoisotopic (exact) mass is 637 g/mol. The van der Waals surface area contributed by atoms with Gasteiger partial charge in [-0.3, -0.25) is 19.3 Å². The Hall–Kier alpha value is -3.99. The number of likely N-dealkylation sites (tertiary alicyclic amines) is 1. The summed E-state index contributed by atoms with van der Waals surface area (Å²) in [5.74, 6) is -1.18. The van der Waals surface area contributed by atoms with Gasteiger partial charge in [-0.1, -0.05) is 57.5 Å². The topological polar surface area (TPSA) is 124 Å². The summed E-state index contributed by atoms with van der Waals surface area (Å²) in [7, 11) is 0. The van der Waals surface area contributed by atoms with Crippen LogP contribution in [0.25, 0.3) is 0 Å². The molecule has 45 heavy (non-hydrogen) atoms. The van der Waals surface area contributed by atoms with Crippen LogP contribution in [0.15, 0.2) is 60.8 Å². The number of rotatable bonds is 8. The van der Waals surface area contributed by atoms with Crippen molar-refractivity contribution in [2.24, 2.45) is 0 Å². The fourth-order valence-electron chi connectivity index (χ4n) is 5.11. The lowest BCUT2D eigenvalue weighted by Crippen LogP contribution is -2.46. The van der Waals surface area contributed by atoms with E-state index in [9.17, 15) is 19.5 Å². The van der Waals surface area contributed by atoms with E-state index in [-0.39, 0.29) is 34.6 Å². The molecule has 10 nitrogen and oxygen atoms in total. The Morgan fingerprint density at radius 3 is 2.31 bits per heavy atom. The number of hydrogen-bond donors (Lipinski definition) is 3. The Balaban J connectivity index is 0.00000133. The van der Waals surface area contributed by atoms with Gasteiger partial charge in [-0.2, -0.15) is 0 Å². The van der Waals surface area contributed by atoms with Crippen LogP contribution in [0.4, 0.5) is 11.5 Å². The number of amides is 3. The molecule has 3 amide bonds. The van der Waals surface area contributed by atoms with Crippen LogP contribution in [0.5, 0.6) is 5.75 Å². The number of benzene rings is 2. The van der Waals surface area contributed by atoms with Gasteiger partial charge in [0, 0.05) is 44.5 Å². The zero-order chi connectivity index (χ0) is 32.8. The molecule has 0 radical (unpaired) electrons. The Morgan fingerprint density at radius 1 is 0.933 bits per heavy atom. The summed E-state index contributed by atoms with van der Waals surface area (Å²) in [5, 5.41) is 16.2. The number of para-hydroxylation sites is 1. The maximum absolute atomic E-state index is 13.3. The number of aromatic nitrogens is 1. The number of aromatic hydroxyl groups is 1. The Kier molecular flexibility index (Phi) is 14.3. The van der Waals surface area contributed by atoms with E-state index in [0.29, 0.717) is 17.1 Å². The largest absolute Gasteiger partial charge is 0.506 e. The van der Waals surface area contributed by atoms with Crippen molar-refractivity contribution >= 4 is 40.8 Å². The molecule has 5 rings (SSSR count). The SMILES string of the molecule is CC.CC.O=C(Nc1c(O)cccc1C(=O)Nc1ccc(Cl)cn1)c1ccc(C2CCCN(CCN3CCOCC3)C2=O)cc1. The van der Waals surface area contributed by atoms with Gasteiger partial charge in [0.1, 0.15) is 11.6 Å². The van der Waals surface area contributed by atoms with E-state index in [0.717, 1.165) is 57.8 Å². The quantitative estimate of drug-likeness (QED) is 0.257. The van der Waals surface area contributed by atoms with Gasteiger partial charge in [-0.15, -0.1) is 0 Å². The smallest absolute Gasteiger partial charge is 0.259 e. The first-order chi connectivity index (χ1) is 21.9. The first-order valence-electron chi connectivity index (χ1n) is 15.6. The van der Waals surface area contributed by atoms with Crippen LogP contribution >= 0.6 is 11.6 Å². The minimum absolute atomic E-state index is 0.0218. The number of nitrogens with zero attached hydrogens (tertiary/aromatic N) is 3. The molecular formula is C34H44ClN5O5. The van der Waals surface area contributed by atoms with Crippen LogP contribution < -0.4 is 10.6 Å². The molecule has 1 aromatic heterocycles. The zero-order valence-corrected chi connectivity index (χ0v) is 27.3. The van der Waals surface area contributed by atoms with Gasteiger partial charge in [-0.25, -0.2) is 4.98 Å². The first-order valence-corrected chi connectivity index (χ1v) is 16.0. The predicted molar refractivity (Wildman–Crippen MR) is 178 cm³/mol. The van der Waals surface area contributed by atoms with Gasteiger partial charge >= 0.3 is 0 Å². The first kappa shape index (κ1) is 35.5. The third-order valence-corrected chi connectivity index (χ3v) is 7.61. The number of nitrogens with one attached hydrogen (secondary N) is 2. The van der Waals surface area contributed by atoms with Crippen molar-refractivity contribution < 1.29 is 24.2 Å². The molecule has 3 heterocycles. The fraction of sp³-hybridized carbons (Fsp3) is 0.412. The zero-order valence-electron chi connectivity index (χ0n) is 26.5. The third-order valence-electron chi connectivity index (χ3n) is 7.39. The molecule has 0 spiro atoms. The second kappa shape index (κ2) is 18.1. The number of pyridine rings is 1. The molecule has 2 aliphatic heterocycles. The number of ether oxygens (including phenoxy) is 1. The molecule has 11 heteroatoms. The summed E-state index contributed by atoms with van der Waals surface area (Å²) in [4.78, 5) is 47.6. The second-order valence-corrected chi connectivity index (χ2v) is 10.5. The van der Waals surface area contributed by atoms with Crippen LogP contribution in [-0.2, 0) is 9.53 Å². The van der Waals surface area contributed by atoms with Crippen molar-refractivity contribution in [3.63, 3.8) is 0 Å². The average Bonchev–Trinajstić information content (AvgIpc) is 3.08. The lowest BCUT2D eigenvalue weighted by atomic mass is 9.89. The second-order valence-electron chi connectivity index (χ2n) is 10.1. The standard InChI is InChI=1S/C30H32ClN5O5.2C2H6/c31-22-10-11-26(32-19-22)33-29(39)24-3-1-5-25(37)27(24)34-28(38)21-8-6-20(7-9-21)23-4-2-12-36(30(23)40)14-13-35-15-17-41-18-16-35;2*1-2/h1,3,5-11,19,23,37H,2,4,12-18H2,(H,34,38)(H,32,33,39);2*1-2H3.